The van der Waals surface area contributed by atoms with Crippen LogP contribution >= 0.6 is 11.6 Å². The number of hydrogen-bond donors (Lipinski definition) is 1. The van der Waals surface area contributed by atoms with E-state index in [0.29, 0.717) is 41.9 Å². The molecule has 2 aromatic rings. The van der Waals surface area contributed by atoms with E-state index >= 15 is 0 Å². The zero-order valence-electron chi connectivity index (χ0n) is 13.1. The molecule has 0 saturated carbocycles. The third-order valence-corrected chi connectivity index (χ3v) is 5.98. The molecule has 24 heavy (non-hydrogen) atoms. The second-order valence-electron chi connectivity index (χ2n) is 6.05. The van der Waals surface area contributed by atoms with E-state index in [-0.39, 0.29) is 4.90 Å². The molecule has 0 saturated heterocycles. The minimum absolute atomic E-state index is 0.0934. The highest BCUT2D eigenvalue weighted by atomic mass is 35.5. The lowest BCUT2D eigenvalue weighted by Gasteiger charge is -2.23. The Bertz CT molecular complexity index is 910. The van der Waals surface area contributed by atoms with Crippen molar-refractivity contribution >= 4 is 21.6 Å². The van der Waals surface area contributed by atoms with Gasteiger partial charge in [-0.25, -0.2) is 22.8 Å². The standard InChI is InChI=1S/C15H17ClN4O3S/c1-9-17-15-12(3-2-5-20(15)18-9)19-24(21,22)13-8-11(16)7-10-4-6-23-14(10)13/h7-8,12,19H,2-6H2,1H3/t12-/m0/s1. The molecule has 1 N–H and O–H groups in total. The molecule has 0 bridgehead atoms. The Balaban J connectivity index is 1.71. The van der Waals surface area contributed by atoms with Crippen molar-refractivity contribution in [1.82, 2.24) is 19.5 Å². The van der Waals surface area contributed by atoms with Crippen molar-refractivity contribution in [3.63, 3.8) is 0 Å². The van der Waals surface area contributed by atoms with Gasteiger partial charge in [0, 0.05) is 23.6 Å². The summed E-state index contributed by atoms with van der Waals surface area (Å²) in [6, 6.07) is 2.79. The highest BCUT2D eigenvalue weighted by Crippen LogP contribution is 2.36. The Morgan fingerprint density at radius 1 is 1.42 bits per heavy atom. The van der Waals surface area contributed by atoms with Gasteiger partial charge in [-0.05, 0) is 31.9 Å². The number of sulfonamides is 1. The Kier molecular flexibility index (Phi) is 3.78. The summed E-state index contributed by atoms with van der Waals surface area (Å²) in [6.07, 6.45) is 2.18. The van der Waals surface area contributed by atoms with Crippen LogP contribution in [0.25, 0.3) is 0 Å². The Morgan fingerprint density at radius 2 is 2.25 bits per heavy atom. The van der Waals surface area contributed by atoms with Gasteiger partial charge in [-0.2, -0.15) is 5.10 Å². The van der Waals surface area contributed by atoms with Crippen LogP contribution in [0.3, 0.4) is 0 Å². The second-order valence-corrected chi connectivity index (χ2v) is 8.17. The van der Waals surface area contributed by atoms with E-state index in [1.54, 1.807) is 17.7 Å². The first-order valence-electron chi connectivity index (χ1n) is 7.83. The maximum atomic E-state index is 12.9. The molecular formula is C15H17ClN4O3S. The van der Waals surface area contributed by atoms with E-state index in [4.69, 9.17) is 16.3 Å². The summed E-state index contributed by atoms with van der Waals surface area (Å²) >= 11 is 6.09. The molecule has 128 valence electrons. The van der Waals surface area contributed by atoms with Crippen molar-refractivity contribution in [2.45, 2.75) is 43.7 Å². The number of rotatable bonds is 3. The number of ether oxygens (including phenoxy) is 1. The lowest BCUT2D eigenvalue weighted by atomic mass is 10.1. The number of benzene rings is 1. The monoisotopic (exact) mass is 368 g/mol. The smallest absolute Gasteiger partial charge is 0.244 e. The van der Waals surface area contributed by atoms with Crippen LogP contribution in [0.1, 0.15) is 36.1 Å². The number of fused-ring (bicyclic) bond motifs is 2. The highest BCUT2D eigenvalue weighted by molar-refractivity contribution is 7.89. The fraction of sp³-hybridized carbons (Fsp3) is 0.467. The van der Waals surface area contributed by atoms with E-state index in [1.165, 1.54) is 6.07 Å². The lowest BCUT2D eigenvalue weighted by molar-refractivity contribution is 0.347. The van der Waals surface area contributed by atoms with Crippen molar-refractivity contribution in [1.29, 1.82) is 0 Å². The van der Waals surface area contributed by atoms with Crippen molar-refractivity contribution in [2.24, 2.45) is 0 Å². The molecule has 1 aromatic carbocycles. The average Bonchev–Trinajstić information content (AvgIpc) is 3.11. The molecule has 0 spiro atoms. The van der Waals surface area contributed by atoms with Crippen molar-refractivity contribution < 1.29 is 13.2 Å². The highest BCUT2D eigenvalue weighted by Gasteiger charge is 2.32. The molecule has 0 aliphatic carbocycles. The van der Waals surface area contributed by atoms with Gasteiger partial charge in [-0.15, -0.1) is 0 Å². The molecule has 1 atom stereocenters. The molecule has 0 fully saturated rings. The number of nitrogens with zero attached hydrogens (tertiary/aromatic N) is 3. The van der Waals surface area contributed by atoms with Crippen LogP contribution in [0, 0.1) is 6.92 Å². The van der Waals surface area contributed by atoms with Crippen molar-refractivity contribution in [3.8, 4) is 5.75 Å². The minimum Gasteiger partial charge on any atom is -0.492 e. The Morgan fingerprint density at radius 3 is 3.08 bits per heavy atom. The van der Waals surface area contributed by atoms with E-state index in [2.05, 4.69) is 14.8 Å². The third-order valence-electron chi connectivity index (χ3n) is 4.28. The molecule has 2 aliphatic rings. The average molecular weight is 369 g/mol. The molecule has 2 aliphatic heterocycles. The van der Waals surface area contributed by atoms with Gasteiger partial charge in [0.2, 0.25) is 10.0 Å². The first-order chi connectivity index (χ1) is 11.4. The first kappa shape index (κ1) is 15.9. The normalized spacial score (nSPS) is 19.7. The quantitative estimate of drug-likeness (QED) is 0.895. The summed E-state index contributed by atoms with van der Waals surface area (Å²) in [6.45, 7) is 3.02. The molecule has 3 heterocycles. The summed E-state index contributed by atoms with van der Waals surface area (Å²) in [4.78, 5) is 4.46. The molecule has 4 rings (SSSR count). The maximum Gasteiger partial charge on any atom is 0.244 e. The second kappa shape index (κ2) is 5.72. The van der Waals surface area contributed by atoms with Gasteiger partial charge >= 0.3 is 0 Å². The summed E-state index contributed by atoms with van der Waals surface area (Å²) in [5, 5.41) is 4.69. The fourth-order valence-electron chi connectivity index (χ4n) is 3.27. The van der Waals surface area contributed by atoms with E-state index in [1.807, 2.05) is 0 Å². The zero-order valence-corrected chi connectivity index (χ0v) is 14.7. The van der Waals surface area contributed by atoms with Gasteiger partial charge in [0.1, 0.15) is 22.3 Å². The summed E-state index contributed by atoms with van der Waals surface area (Å²) in [7, 11) is -3.78. The number of aromatic nitrogens is 3. The topological polar surface area (TPSA) is 86.1 Å². The zero-order chi connectivity index (χ0) is 16.9. The molecule has 7 nitrogen and oxygen atoms in total. The van der Waals surface area contributed by atoms with E-state index in [9.17, 15) is 8.42 Å². The Labute approximate surface area is 145 Å². The van der Waals surface area contributed by atoms with Crippen LogP contribution in [0.2, 0.25) is 5.02 Å². The third kappa shape index (κ3) is 2.68. The molecular weight excluding hydrogens is 352 g/mol. The van der Waals surface area contributed by atoms with Crippen LogP contribution < -0.4 is 9.46 Å². The van der Waals surface area contributed by atoms with Gasteiger partial charge in [-0.1, -0.05) is 11.6 Å². The SMILES string of the molecule is Cc1nc2n(n1)CCC[C@@H]2NS(=O)(=O)c1cc(Cl)cc2c1OCC2. The van der Waals surface area contributed by atoms with Gasteiger partial charge in [0.05, 0.1) is 12.6 Å². The predicted octanol–water partition coefficient (Wildman–Crippen LogP) is 1.99. The molecule has 0 amide bonds. The van der Waals surface area contributed by atoms with E-state index < -0.39 is 16.1 Å². The van der Waals surface area contributed by atoms with Crippen LogP contribution in [0.4, 0.5) is 0 Å². The van der Waals surface area contributed by atoms with E-state index in [0.717, 1.165) is 18.5 Å². The summed E-state index contributed by atoms with van der Waals surface area (Å²) in [5.41, 5.74) is 0.825. The predicted molar refractivity (Wildman–Crippen MR) is 87.7 cm³/mol. The number of halogens is 1. The number of hydrogen-bond acceptors (Lipinski definition) is 5. The van der Waals surface area contributed by atoms with Gasteiger partial charge in [-0.3, -0.25) is 0 Å². The summed E-state index contributed by atoms with van der Waals surface area (Å²) in [5.74, 6) is 1.70. The molecule has 9 heteroatoms. The number of nitrogens with one attached hydrogen (secondary N) is 1. The van der Waals surface area contributed by atoms with Crippen LogP contribution in [0.5, 0.6) is 5.75 Å². The van der Waals surface area contributed by atoms with Crippen LogP contribution in [0.15, 0.2) is 17.0 Å². The van der Waals surface area contributed by atoms with Crippen molar-refractivity contribution in [2.75, 3.05) is 6.61 Å². The minimum atomic E-state index is -3.78. The molecule has 0 unspecified atom stereocenters. The van der Waals surface area contributed by atoms with Gasteiger partial charge in [0.15, 0.2) is 0 Å². The van der Waals surface area contributed by atoms with Crippen molar-refractivity contribution in [3.05, 3.63) is 34.4 Å². The lowest BCUT2D eigenvalue weighted by Crippen LogP contribution is -2.33. The molecule has 1 aromatic heterocycles. The van der Waals surface area contributed by atoms with Gasteiger partial charge < -0.3 is 4.74 Å². The maximum absolute atomic E-state index is 12.9. The molecule has 0 radical (unpaired) electrons. The number of aryl methyl sites for hydroxylation is 2. The first-order valence-corrected chi connectivity index (χ1v) is 9.69. The largest absolute Gasteiger partial charge is 0.492 e. The Hall–Kier alpha value is -1.64. The fourth-order valence-corrected chi connectivity index (χ4v) is 5.01. The van der Waals surface area contributed by atoms with Crippen LogP contribution in [-0.2, 0) is 23.0 Å². The van der Waals surface area contributed by atoms with Gasteiger partial charge in [0.25, 0.3) is 0 Å². The summed E-state index contributed by atoms with van der Waals surface area (Å²) < 4.78 is 35.9. The van der Waals surface area contributed by atoms with Crippen LogP contribution in [-0.4, -0.2) is 29.8 Å².